The average molecular weight is 412 g/mol. The van der Waals surface area contributed by atoms with Gasteiger partial charge in [-0.3, -0.25) is 14.7 Å². The molecule has 0 bridgehead atoms. The van der Waals surface area contributed by atoms with Crippen molar-refractivity contribution in [2.45, 2.75) is 19.4 Å². The number of rotatable bonds is 4. The molecule has 0 saturated carbocycles. The van der Waals surface area contributed by atoms with Crippen LogP contribution < -0.4 is 10.9 Å². The topological polar surface area (TPSA) is 107 Å². The van der Waals surface area contributed by atoms with Gasteiger partial charge in [-0.1, -0.05) is 12.1 Å². The van der Waals surface area contributed by atoms with E-state index in [1.807, 2.05) is 35.2 Å². The SMILES string of the molecule is N#Cc1cc(Nc2cccc3ccn(CC(=O)N4CCCC4)c(=O)c23)cc2cn[nH]c12. The number of carbonyl (C=O) groups excluding carboxylic acids is 1. The number of amides is 1. The van der Waals surface area contributed by atoms with Gasteiger partial charge in [0.25, 0.3) is 5.56 Å². The molecule has 8 nitrogen and oxygen atoms in total. The lowest BCUT2D eigenvalue weighted by Gasteiger charge is -2.17. The second-order valence-corrected chi connectivity index (χ2v) is 7.70. The summed E-state index contributed by atoms with van der Waals surface area (Å²) in [5.41, 5.74) is 2.22. The van der Waals surface area contributed by atoms with Crippen molar-refractivity contribution in [3.05, 3.63) is 64.7 Å². The zero-order valence-electron chi connectivity index (χ0n) is 16.8. The Morgan fingerprint density at radius 3 is 2.84 bits per heavy atom. The van der Waals surface area contributed by atoms with E-state index in [1.54, 1.807) is 18.5 Å². The van der Waals surface area contributed by atoms with E-state index in [0.717, 1.165) is 36.7 Å². The van der Waals surface area contributed by atoms with E-state index < -0.39 is 0 Å². The quantitative estimate of drug-likeness (QED) is 0.536. The largest absolute Gasteiger partial charge is 0.355 e. The highest BCUT2D eigenvalue weighted by Gasteiger charge is 2.19. The summed E-state index contributed by atoms with van der Waals surface area (Å²) >= 11 is 0. The number of anilines is 2. The lowest BCUT2D eigenvalue weighted by Crippen LogP contribution is -2.34. The molecular weight excluding hydrogens is 392 g/mol. The smallest absolute Gasteiger partial charge is 0.261 e. The summed E-state index contributed by atoms with van der Waals surface area (Å²) in [7, 11) is 0. The van der Waals surface area contributed by atoms with Crippen LogP contribution in [0, 0.1) is 11.3 Å². The molecule has 0 aliphatic carbocycles. The minimum absolute atomic E-state index is 0.0304. The molecular formula is C23H20N6O2. The molecule has 154 valence electrons. The van der Waals surface area contributed by atoms with Crippen molar-refractivity contribution in [2.75, 3.05) is 18.4 Å². The number of hydrogen-bond donors (Lipinski definition) is 2. The number of aromatic amines is 1. The van der Waals surface area contributed by atoms with E-state index in [-0.39, 0.29) is 18.0 Å². The first-order valence-corrected chi connectivity index (χ1v) is 10.2. The van der Waals surface area contributed by atoms with Gasteiger partial charge in [0.1, 0.15) is 12.6 Å². The number of nitrogens with zero attached hydrogens (tertiary/aromatic N) is 4. The zero-order valence-corrected chi connectivity index (χ0v) is 16.8. The molecule has 0 unspecified atom stereocenters. The monoisotopic (exact) mass is 412 g/mol. The van der Waals surface area contributed by atoms with Crippen molar-refractivity contribution in [3.8, 4) is 6.07 Å². The van der Waals surface area contributed by atoms with E-state index in [1.165, 1.54) is 4.57 Å². The summed E-state index contributed by atoms with van der Waals surface area (Å²) in [5, 5.41) is 21.7. The molecule has 0 spiro atoms. The molecule has 5 rings (SSSR count). The first-order valence-electron chi connectivity index (χ1n) is 10.2. The second kappa shape index (κ2) is 7.61. The summed E-state index contributed by atoms with van der Waals surface area (Å²) in [6.07, 6.45) is 5.35. The lowest BCUT2D eigenvalue weighted by molar-refractivity contribution is -0.130. The Bertz CT molecular complexity index is 1410. The highest BCUT2D eigenvalue weighted by atomic mass is 16.2. The van der Waals surface area contributed by atoms with Crippen LogP contribution in [0.2, 0.25) is 0 Å². The van der Waals surface area contributed by atoms with Crippen LogP contribution in [0.3, 0.4) is 0 Å². The fourth-order valence-electron chi connectivity index (χ4n) is 4.14. The Morgan fingerprint density at radius 1 is 1.19 bits per heavy atom. The molecule has 2 aromatic carbocycles. The van der Waals surface area contributed by atoms with Gasteiger partial charge < -0.3 is 14.8 Å². The number of nitrogens with one attached hydrogen (secondary N) is 2. The number of fused-ring (bicyclic) bond motifs is 2. The van der Waals surface area contributed by atoms with Gasteiger partial charge in [-0.15, -0.1) is 0 Å². The molecule has 0 atom stereocenters. The molecule has 1 aliphatic heterocycles. The molecule has 4 aromatic rings. The first kappa shape index (κ1) is 18.9. The number of pyridine rings is 1. The van der Waals surface area contributed by atoms with E-state index in [9.17, 15) is 14.9 Å². The van der Waals surface area contributed by atoms with Crippen LogP contribution >= 0.6 is 0 Å². The van der Waals surface area contributed by atoms with Crippen molar-refractivity contribution in [3.63, 3.8) is 0 Å². The standard InChI is InChI=1S/C23H20N6O2/c24-12-16-10-18(11-17-13-25-27-22(16)17)26-19-5-3-4-15-6-9-29(23(31)21(15)19)14-20(30)28-7-1-2-8-28/h3-6,9-11,13,26H,1-2,7-8,14H2,(H,25,27). The maximum atomic E-state index is 13.3. The van der Waals surface area contributed by atoms with Crippen LogP contribution in [0.5, 0.6) is 0 Å². The number of H-pyrrole nitrogens is 1. The van der Waals surface area contributed by atoms with Gasteiger partial charge in [-0.2, -0.15) is 10.4 Å². The number of carbonyl (C=O) groups is 1. The van der Waals surface area contributed by atoms with Crippen molar-refractivity contribution in [2.24, 2.45) is 0 Å². The van der Waals surface area contributed by atoms with Gasteiger partial charge in [0.05, 0.1) is 28.4 Å². The van der Waals surface area contributed by atoms with Crippen LogP contribution in [-0.4, -0.2) is 38.7 Å². The summed E-state index contributed by atoms with van der Waals surface area (Å²) < 4.78 is 1.47. The van der Waals surface area contributed by atoms with Gasteiger partial charge in [0, 0.05) is 30.4 Å². The highest BCUT2D eigenvalue weighted by Crippen LogP contribution is 2.27. The number of benzene rings is 2. The molecule has 1 fully saturated rings. The molecule has 2 aromatic heterocycles. The molecule has 1 aliphatic rings. The predicted octanol–water partition coefficient (Wildman–Crippen LogP) is 3.12. The van der Waals surface area contributed by atoms with Gasteiger partial charge in [-0.05, 0) is 42.5 Å². The fraction of sp³-hybridized carbons (Fsp3) is 0.217. The minimum Gasteiger partial charge on any atom is -0.355 e. The number of aromatic nitrogens is 3. The lowest BCUT2D eigenvalue weighted by atomic mass is 10.1. The van der Waals surface area contributed by atoms with Crippen molar-refractivity contribution >= 4 is 39.0 Å². The summed E-state index contributed by atoms with van der Waals surface area (Å²) in [5.74, 6) is -0.0338. The van der Waals surface area contributed by atoms with Gasteiger partial charge >= 0.3 is 0 Å². The molecule has 1 amide bonds. The summed E-state index contributed by atoms with van der Waals surface area (Å²) in [6, 6.07) is 13.2. The Kier molecular flexibility index (Phi) is 4.64. The second-order valence-electron chi connectivity index (χ2n) is 7.70. The van der Waals surface area contributed by atoms with Crippen LogP contribution in [0.25, 0.3) is 21.7 Å². The van der Waals surface area contributed by atoms with E-state index >= 15 is 0 Å². The third-order valence-electron chi connectivity index (χ3n) is 5.72. The van der Waals surface area contributed by atoms with E-state index in [0.29, 0.717) is 27.8 Å². The number of hydrogen-bond acceptors (Lipinski definition) is 5. The Labute approximate surface area is 177 Å². The van der Waals surface area contributed by atoms with Crippen LogP contribution in [0.15, 0.2) is 53.6 Å². The van der Waals surface area contributed by atoms with E-state index in [4.69, 9.17) is 0 Å². The molecule has 8 heteroatoms. The highest BCUT2D eigenvalue weighted by molar-refractivity contribution is 5.96. The van der Waals surface area contributed by atoms with Gasteiger partial charge in [0.2, 0.25) is 5.91 Å². The normalized spacial score (nSPS) is 13.6. The van der Waals surface area contributed by atoms with Crippen molar-refractivity contribution in [1.82, 2.24) is 19.7 Å². The molecule has 3 heterocycles. The molecule has 0 radical (unpaired) electrons. The molecule has 31 heavy (non-hydrogen) atoms. The first-order chi connectivity index (χ1) is 15.1. The maximum Gasteiger partial charge on any atom is 0.261 e. The number of nitriles is 1. The van der Waals surface area contributed by atoms with Gasteiger partial charge in [0.15, 0.2) is 0 Å². The maximum absolute atomic E-state index is 13.3. The summed E-state index contributed by atoms with van der Waals surface area (Å²) in [6.45, 7) is 1.54. The molecule has 2 N–H and O–H groups in total. The Hall–Kier alpha value is -4.12. The van der Waals surface area contributed by atoms with Crippen LogP contribution in [0.1, 0.15) is 18.4 Å². The van der Waals surface area contributed by atoms with Gasteiger partial charge in [-0.25, -0.2) is 0 Å². The zero-order chi connectivity index (χ0) is 21.4. The minimum atomic E-state index is -0.224. The van der Waals surface area contributed by atoms with Crippen LogP contribution in [-0.2, 0) is 11.3 Å². The number of likely N-dealkylation sites (tertiary alicyclic amines) is 1. The third kappa shape index (κ3) is 3.40. The van der Waals surface area contributed by atoms with Crippen molar-refractivity contribution in [1.29, 1.82) is 5.26 Å². The average Bonchev–Trinajstić information content (AvgIpc) is 3.47. The third-order valence-corrected chi connectivity index (χ3v) is 5.72. The van der Waals surface area contributed by atoms with Crippen LogP contribution in [0.4, 0.5) is 11.4 Å². The summed E-state index contributed by atoms with van der Waals surface area (Å²) in [4.78, 5) is 27.6. The van der Waals surface area contributed by atoms with E-state index in [2.05, 4.69) is 21.6 Å². The van der Waals surface area contributed by atoms with Crippen molar-refractivity contribution < 1.29 is 4.79 Å². The Balaban J connectivity index is 1.54. The molecule has 1 saturated heterocycles. The Morgan fingerprint density at radius 2 is 2.03 bits per heavy atom. The fourth-order valence-corrected chi connectivity index (χ4v) is 4.14. The predicted molar refractivity (Wildman–Crippen MR) is 118 cm³/mol.